The molecular weight excluding hydrogens is 220 g/mol. The first-order valence-electron chi connectivity index (χ1n) is 5.33. The third kappa shape index (κ3) is 1.73. The monoisotopic (exact) mass is 236 g/mol. The topological polar surface area (TPSA) is 26.7 Å². The lowest BCUT2D eigenvalue weighted by molar-refractivity contribution is 0.475. The Balaban J connectivity index is 2.57. The molecule has 0 saturated carbocycles. The standard InChI is InChI=1S/C12H16N2OS/c1-8-6-12(16)14(3)10-5-4-9(15)7-11(10)13(8)2/h4-5,7-8,15H,6H2,1-3H3/t8-/m0/s1. The molecular formula is C12H16N2OS. The predicted molar refractivity (Wildman–Crippen MR) is 71.6 cm³/mol. The Hall–Kier alpha value is -1.29. The van der Waals surface area contributed by atoms with Gasteiger partial charge in [0.05, 0.1) is 16.4 Å². The molecule has 0 unspecified atom stereocenters. The maximum Gasteiger partial charge on any atom is 0.117 e. The second-order valence-electron chi connectivity index (χ2n) is 4.29. The summed E-state index contributed by atoms with van der Waals surface area (Å²) in [5.41, 5.74) is 2.07. The van der Waals surface area contributed by atoms with Crippen LogP contribution in [0.1, 0.15) is 13.3 Å². The van der Waals surface area contributed by atoms with Crippen LogP contribution in [-0.2, 0) is 0 Å². The van der Waals surface area contributed by atoms with Crippen LogP contribution < -0.4 is 9.80 Å². The van der Waals surface area contributed by atoms with E-state index in [2.05, 4.69) is 11.8 Å². The van der Waals surface area contributed by atoms with Crippen LogP contribution in [0, 0.1) is 0 Å². The summed E-state index contributed by atoms with van der Waals surface area (Å²) in [4.78, 5) is 5.11. The van der Waals surface area contributed by atoms with Gasteiger partial charge in [-0.15, -0.1) is 0 Å². The van der Waals surface area contributed by atoms with Crippen molar-refractivity contribution in [3.05, 3.63) is 18.2 Å². The minimum Gasteiger partial charge on any atom is -0.508 e. The molecule has 1 N–H and O–H groups in total. The largest absolute Gasteiger partial charge is 0.508 e. The van der Waals surface area contributed by atoms with Crippen LogP contribution >= 0.6 is 12.2 Å². The highest BCUT2D eigenvalue weighted by atomic mass is 32.1. The van der Waals surface area contributed by atoms with Gasteiger partial charge in [-0.25, -0.2) is 0 Å². The number of rotatable bonds is 0. The highest BCUT2D eigenvalue weighted by molar-refractivity contribution is 7.80. The van der Waals surface area contributed by atoms with Crippen LogP contribution in [-0.4, -0.2) is 30.2 Å². The molecule has 1 heterocycles. The number of phenols is 1. The van der Waals surface area contributed by atoms with Gasteiger partial charge in [0.2, 0.25) is 0 Å². The lowest BCUT2D eigenvalue weighted by atomic mass is 10.2. The number of hydrogen-bond donors (Lipinski definition) is 1. The molecule has 1 aromatic carbocycles. The van der Waals surface area contributed by atoms with E-state index in [-0.39, 0.29) is 0 Å². The van der Waals surface area contributed by atoms with E-state index < -0.39 is 0 Å². The molecule has 0 bridgehead atoms. The summed E-state index contributed by atoms with van der Waals surface area (Å²) in [6.07, 6.45) is 0.859. The number of anilines is 2. The van der Waals surface area contributed by atoms with Crippen molar-refractivity contribution in [2.75, 3.05) is 23.9 Å². The SMILES string of the molecule is C[C@H]1CC(=S)N(C)c2ccc(O)cc2N1C. The number of aromatic hydroxyl groups is 1. The molecule has 1 aromatic rings. The molecule has 2 rings (SSSR count). The molecule has 16 heavy (non-hydrogen) atoms. The van der Waals surface area contributed by atoms with E-state index in [0.717, 1.165) is 22.8 Å². The summed E-state index contributed by atoms with van der Waals surface area (Å²) in [6, 6.07) is 5.74. The fraction of sp³-hybridized carbons (Fsp3) is 0.417. The maximum atomic E-state index is 9.56. The van der Waals surface area contributed by atoms with E-state index >= 15 is 0 Å². The predicted octanol–water partition coefficient (Wildman–Crippen LogP) is 2.38. The number of fused-ring (bicyclic) bond motifs is 1. The molecule has 0 saturated heterocycles. The molecule has 1 aliphatic heterocycles. The van der Waals surface area contributed by atoms with E-state index in [1.54, 1.807) is 12.1 Å². The van der Waals surface area contributed by atoms with Gasteiger partial charge in [0, 0.05) is 32.6 Å². The minimum absolute atomic E-state index is 0.291. The first-order valence-corrected chi connectivity index (χ1v) is 5.74. The summed E-state index contributed by atoms with van der Waals surface area (Å²) >= 11 is 5.39. The number of nitrogens with zero attached hydrogens (tertiary/aromatic N) is 2. The highest BCUT2D eigenvalue weighted by Crippen LogP contribution is 2.36. The summed E-state index contributed by atoms with van der Waals surface area (Å²) in [5.74, 6) is 0.291. The fourth-order valence-corrected chi connectivity index (χ4v) is 2.32. The summed E-state index contributed by atoms with van der Waals surface area (Å²) in [7, 11) is 4.01. The van der Waals surface area contributed by atoms with Crippen molar-refractivity contribution in [2.45, 2.75) is 19.4 Å². The van der Waals surface area contributed by atoms with Crippen molar-refractivity contribution in [1.82, 2.24) is 0 Å². The average Bonchev–Trinajstić information content (AvgIpc) is 2.32. The molecule has 86 valence electrons. The summed E-state index contributed by atoms with van der Waals surface area (Å²) in [5, 5.41) is 9.56. The van der Waals surface area contributed by atoms with Gasteiger partial charge < -0.3 is 14.9 Å². The van der Waals surface area contributed by atoms with E-state index in [1.165, 1.54) is 0 Å². The molecule has 1 atom stereocenters. The lowest BCUT2D eigenvalue weighted by Gasteiger charge is -2.25. The Morgan fingerprint density at radius 1 is 1.31 bits per heavy atom. The lowest BCUT2D eigenvalue weighted by Crippen LogP contribution is -2.30. The first-order chi connectivity index (χ1) is 7.50. The van der Waals surface area contributed by atoms with Crippen molar-refractivity contribution < 1.29 is 5.11 Å². The number of thiocarbonyl (C=S) groups is 1. The van der Waals surface area contributed by atoms with Crippen molar-refractivity contribution in [2.24, 2.45) is 0 Å². The van der Waals surface area contributed by atoms with E-state index in [0.29, 0.717) is 11.8 Å². The van der Waals surface area contributed by atoms with Gasteiger partial charge in [0.1, 0.15) is 5.75 Å². The van der Waals surface area contributed by atoms with E-state index in [4.69, 9.17) is 12.2 Å². The Morgan fingerprint density at radius 3 is 2.69 bits per heavy atom. The maximum absolute atomic E-state index is 9.56. The van der Waals surface area contributed by atoms with Gasteiger partial charge >= 0.3 is 0 Å². The average molecular weight is 236 g/mol. The molecule has 0 amide bonds. The van der Waals surface area contributed by atoms with Crippen LogP contribution in [0.25, 0.3) is 0 Å². The Kier molecular flexibility index (Phi) is 2.76. The van der Waals surface area contributed by atoms with Crippen LogP contribution in [0.15, 0.2) is 18.2 Å². The van der Waals surface area contributed by atoms with Crippen LogP contribution in [0.4, 0.5) is 11.4 Å². The molecule has 4 heteroatoms. The highest BCUT2D eigenvalue weighted by Gasteiger charge is 2.24. The van der Waals surface area contributed by atoms with Gasteiger partial charge in [-0.1, -0.05) is 12.2 Å². The second kappa shape index (κ2) is 3.94. The molecule has 0 aliphatic carbocycles. The van der Waals surface area contributed by atoms with E-state index in [1.807, 2.05) is 25.1 Å². The second-order valence-corrected chi connectivity index (χ2v) is 4.76. The number of hydrogen-bond acceptors (Lipinski definition) is 3. The van der Waals surface area contributed by atoms with Crippen molar-refractivity contribution in [3.63, 3.8) is 0 Å². The number of phenolic OH excluding ortho intramolecular Hbond substituents is 1. The molecule has 0 fully saturated rings. The molecule has 0 spiro atoms. The van der Waals surface area contributed by atoms with Crippen molar-refractivity contribution in [1.29, 1.82) is 0 Å². The summed E-state index contributed by atoms with van der Waals surface area (Å²) in [6.45, 7) is 2.14. The summed E-state index contributed by atoms with van der Waals surface area (Å²) < 4.78 is 0. The molecule has 0 aromatic heterocycles. The number of benzene rings is 1. The van der Waals surface area contributed by atoms with Gasteiger partial charge in [-0.3, -0.25) is 0 Å². The van der Waals surface area contributed by atoms with Gasteiger partial charge in [0.15, 0.2) is 0 Å². The molecule has 0 radical (unpaired) electrons. The smallest absolute Gasteiger partial charge is 0.117 e. The minimum atomic E-state index is 0.291. The zero-order valence-corrected chi connectivity index (χ0v) is 10.6. The van der Waals surface area contributed by atoms with Crippen LogP contribution in [0.5, 0.6) is 5.75 Å². The third-order valence-electron chi connectivity index (χ3n) is 3.21. The van der Waals surface area contributed by atoms with Crippen molar-refractivity contribution >= 4 is 28.6 Å². The molecule has 3 nitrogen and oxygen atoms in total. The van der Waals surface area contributed by atoms with Crippen LogP contribution in [0.2, 0.25) is 0 Å². The Bertz CT molecular complexity index is 433. The van der Waals surface area contributed by atoms with E-state index in [9.17, 15) is 5.11 Å². The molecule has 1 aliphatic rings. The fourth-order valence-electron chi connectivity index (χ4n) is 1.98. The van der Waals surface area contributed by atoms with Gasteiger partial charge in [-0.2, -0.15) is 0 Å². The Morgan fingerprint density at radius 2 is 2.00 bits per heavy atom. The van der Waals surface area contributed by atoms with Gasteiger partial charge in [-0.05, 0) is 19.1 Å². The zero-order valence-electron chi connectivity index (χ0n) is 9.77. The van der Waals surface area contributed by atoms with Gasteiger partial charge in [0.25, 0.3) is 0 Å². The Labute approximate surface area is 101 Å². The zero-order chi connectivity index (χ0) is 11.9. The first kappa shape index (κ1) is 11.2. The third-order valence-corrected chi connectivity index (χ3v) is 3.65. The quantitative estimate of drug-likeness (QED) is 0.700. The normalized spacial score (nSPS) is 20.7. The van der Waals surface area contributed by atoms with Crippen LogP contribution in [0.3, 0.4) is 0 Å². The van der Waals surface area contributed by atoms with Crippen molar-refractivity contribution in [3.8, 4) is 5.75 Å².